The Bertz CT molecular complexity index is 577. The van der Waals surface area contributed by atoms with E-state index >= 15 is 0 Å². The minimum absolute atomic E-state index is 0.0282. The molecule has 2 rings (SSSR count). The van der Waals surface area contributed by atoms with Crippen LogP contribution in [0.5, 0.6) is 0 Å². The first-order chi connectivity index (χ1) is 9.86. The molecule has 0 spiro atoms. The van der Waals surface area contributed by atoms with Crippen LogP contribution in [0.4, 0.5) is 0 Å². The van der Waals surface area contributed by atoms with Crippen LogP contribution in [0.1, 0.15) is 19.4 Å². The number of carbonyl (C=O) groups excluding carboxylic acids is 1. The second kappa shape index (κ2) is 5.60. The van der Waals surface area contributed by atoms with E-state index in [0.717, 1.165) is 5.56 Å². The summed E-state index contributed by atoms with van der Waals surface area (Å²) in [4.78, 5) is 15.9. The molecule has 112 valence electrons. The predicted molar refractivity (Wildman–Crippen MR) is 83.4 cm³/mol. The van der Waals surface area contributed by atoms with Gasteiger partial charge in [-0.2, -0.15) is 0 Å². The normalized spacial score (nSPS) is 20.8. The molecule has 1 aromatic rings. The molecule has 0 unspecified atom stereocenters. The zero-order valence-corrected chi connectivity index (χ0v) is 12.8. The summed E-state index contributed by atoms with van der Waals surface area (Å²) < 4.78 is 0. The standard InChI is InChI=1S/C16H22N4O/c1-16(2)11-20(10-12-7-5-4-6-8-12)14(18)13(9-17)19(3)15(16)21/h4-9,18H,10-11,17H2,1-3H3/b13-9+,18-14?. The minimum atomic E-state index is -0.569. The van der Waals surface area contributed by atoms with Crippen LogP contribution in [0, 0.1) is 10.8 Å². The van der Waals surface area contributed by atoms with Crippen molar-refractivity contribution >= 4 is 11.7 Å². The predicted octanol–water partition coefficient (Wildman–Crippen LogP) is 1.76. The highest BCUT2D eigenvalue weighted by Crippen LogP contribution is 2.28. The Morgan fingerprint density at radius 3 is 2.52 bits per heavy atom. The van der Waals surface area contributed by atoms with Crippen molar-refractivity contribution in [1.29, 1.82) is 5.41 Å². The highest BCUT2D eigenvalue weighted by atomic mass is 16.2. The number of hydrogen-bond donors (Lipinski definition) is 2. The van der Waals surface area contributed by atoms with Crippen molar-refractivity contribution in [1.82, 2.24) is 9.80 Å². The number of hydrogen-bond acceptors (Lipinski definition) is 3. The van der Waals surface area contributed by atoms with Gasteiger partial charge in [0.15, 0.2) is 0 Å². The topological polar surface area (TPSA) is 73.4 Å². The molecular formula is C16H22N4O. The number of nitrogens with one attached hydrogen (secondary N) is 1. The maximum Gasteiger partial charge on any atom is 0.234 e. The smallest absolute Gasteiger partial charge is 0.234 e. The summed E-state index contributed by atoms with van der Waals surface area (Å²) >= 11 is 0. The van der Waals surface area contributed by atoms with Crippen molar-refractivity contribution < 1.29 is 4.79 Å². The monoisotopic (exact) mass is 286 g/mol. The van der Waals surface area contributed by atoms with Gasteiger partial charge in [0, 0.05) is 26.3 Å². The van der Waals surface area contributed by atoms with Gasteiger partial charge in [-0.15, -0.1) is 0 Å². The summed E-state index contributed by atoms with van der Waals surface area (Å²) in [6, 6.07) is 9.94. The van der Waals surface area contributed by atoms with Crippen LogP contribution in [-0.4, -0.2) is 35.1 Å². The molecule has 1 aliphatic rings. The molecule has 0 saturated carbocycles. The highest BCUT2D eigenvalue weighted by Gasteiger charge is 2.39. The first kappa shape index (κ1) is 15.1. The van der Waals surface area contributed by atoms with Gasteiger partial charge in [-0.3, -0.25) is 10.2 Å². The Labute approximate surface area is 125 Å². The van der Waals surface area contributed by atoms with Gasteiger partial charge in [0.1, 0.15) is 11.5 Å². The number of nitrogens with zero attached hydrogens (tertiary/aromatic N) is 2. The van der Waals surface area contributed by atoms with Gasteiger partial charge in [0.2, 0.25) is 5.91 Å². The molecule has 1 aromatic carbocycles. The van der Waals surface area contributed by atoms with E-state index in [9.17, 15) is 4.79 Å². The lowest BCUT2D eigenvalue weighted by Crippen LogP contribution is -2.40. The van der Waals surface area contributed by atoms with E-state index in [1.165, 1.54) is 11.1 Å². The van der Waals surface area contributed by atoms with Crippen molar-refractivity contribution in [2.24, 2.45) is 11.1 Å². The number of nitrogens with two attached hydrogens (primary N) is 1. The summed E-state index contributed by atoms with van der Waals surface area (Å²) in [6.45, 7) is 4.87. The largest absolute Gasteiger partial charge is 0.403 e. The first-order valence-electron chi connectivity index (χ1n) is 6.94. The fourth-order valence-electron chi connectivity index (χ4n) is 2.64. The zero-order valence-electron chi connectivity index (χ0n) is 12.8. The van der Waals surface area contributed by atoms with Gasteiger partial charge in [-0.1, -0.05) is 30.3 Å². The molecule has 1 saturated heterocycles. The Hall–Kier alpha value is -2.30. The Morgan fingerprint density at radius 2 is 1.95 bits per heavy atom. The molecule has 1 fully saturated rings. The van der Waals surface area contributed by atoms with Crippen LogP contribution in [0.2, 0.25) is 0 Å². The minimum Gasteiger partial charge on any atom is -0.403 e. The fraction of sp³-hybridized carbons (Fsp3) is 0.375. The van der Waals surface area contributed by atoms with Crippen LogP contribution in [0.15, 0.2) is 42.2 Å². The van der Waals surface area contributed by atoms with Crippen LogP contribution < -0.4 is 5.73 Å². The van der Waals surface area contributed by atoms with Crippen LogP contribution >= 0.6 is 0 Å². The third-order valence-corrected chi connectivity index (χ3v) is 3.76. The molecule has 1 aliphatic heterocycles. The third kappa shape index (κ3) is 2.91. The van der Waals surface area contributed by atoms with Crippen LogP contribution in [0.3, 0.4) is 0 Å². The molecule has 0 radical (unpaired) electrons. The van der Waals surface area contributed by atoms with Gasteiger partial charge in [0.05, 0.1) is 5.41 Å². The molecule has 5 nitrogen and oxygen atoms in total. The number of benzene rings is 1. The summed E-state index contributed by atoms with van der Waals surface area (Å²) in [5, 5.41) is 8.37. The fourth-order valence-corrected chi connectivity index (χ4v) is 2.64. The van der Waals surface area contributed by atoms with E-state index in [0.29, 0.717) is 18.8 Å². The highest BCUT2D eigenvalue weighted by molar-refractivity contribution is 6.02. The van der Waals surface area contributed by atoms with Gasteiger partial charge < -0.3 is 15.5 Å². The Kier molecular flexibility index (Phi) is 4.02. The molecule has 0 bridgehead atoms. The third-order valence-electron chi connectivity index (χ3n) is 3.76. The van der Waals surface area contributed by atoms with E-state index in [4.69, 9.17) is 11.1 Å². The van der Waals surface area contributed by atoms with Crippen molar-refractivity contribution in [2.75, 3.05) is 13.6 Å². The quantitative estimate of drug-likeness (QED) is 0.870. The maximum atomic E-state index is 12.5. The van der Waals surface area contributed by atoms with Gasteiger partial charge >= 0.3 is 0 Å². The van der Waals surface area contributed by atoms with Crippen molar-refractivity contribution in [3.63, 3.8) is 0 Å². The molecule has 0 aromatic heterocycles. The summed E-state index contributed by atoms with van der Waals surface area (Å²) in [5.41, 5.74) is 6.62. The van der Waals surface area contributed by atoms with E-state index in [-0.39, 0.29) is 11.7 Å². The lowest BCUT2D eigenvalue weighted by molar-refractivity contribution is -0.136. The van der Waals surface area contributed by atoms with Crippen molar-refractivity contribution in [3.05, 3.63) is 47.8 Å². The van der Waals surface area contributed by atoms with E-state index in [1.807, 2.05) is 49.1 Å². The molecular weight excluding hydrogens is 264 g/mol. The molecule has 21 heavy (non-hydrogen) atoms. The first-order valence-corrected chi connectivity index (χ1v) is 6.94. The van der Waals surface area contributed by atoms with Crippen molar-refractivity contribution in [2.45, 2.75) is 20.4 Å². The molecule has 0 atom stereocenters. The van der Waals surface area contributed by atoms with Gasteiger partial charge in [-0.25, -0.2) is 0 Å². The second-order valence-corrected chi connectivity index (χ2v) is 5.99. The molecule has 0 aliphatic carbocycles. The molecule has 1 amide bonds. The number of likely N-dealkylation sites (N-methyl/N-ethyl adjacent to an activating group) is 1. The average Bonchev–Trinajstić information content (AvgIpc) is 2.51. The molecule has 1 heterocycles. The Balaban J connectivity index is 2.36. The second-order valence-electron chi connectivity index (χ2n) is 5.99. The number of amides is 1. The van der Waals surface area contributed by atoms with Gasteiger partial charge in [-0.05, 0) is 19.4 Å². The lowest BCUT2D eigenvalue weighted by Gasteiger charge is -2.29. The van der Waals surface area contributed by atoms with Crippen LogP contribution in [0.25, 0.3) is 0 Å². The summed E-state index contributed by atoms with van der Waals surface area (Å²) in [6.07, 6.45) is 1.33. The molecule has 5 heteroatoms. The number of amidine groups is 1. The van der Waals surface area contributed by atoms with Crippen LogP contribution in [-0.2, 0) is 11.3 Å². The zero-order chi connectivity index (χ0) is 15.6. The number of carbonyl (C=O) groups is 1. The van der Waals surface area contributed by atoms with E-state index in [2.05, 4.69) is 0 Å². The van der Waals surface area contributed by atoms with E-state index < -0.39 is 5.41 Å². The number of rotatable bonds is 2. The van der Waals surface area contributed by atoms with Gasteiger partial charge in [0.25, 0.3) is 0 Å². The Morgan fingerprint density at radius 1 is 1.33 bits per heavy atom. The average molecular weight is 286 g/mol. The molecule has 3 N–H and O–H groups in total. The summed E-state index contributed by atoms with van der Waals surface area (Å²) in [5.74, 6) is 0.252. The maximum absolute atomic E-state index is 12.5. The SMILES string of the molecule is CN1C(=O)C(C)(C)CN(Cc2ccccc2)C(=N)/C1=C\N. The van der Waals surface area contributed by atoms with E-state index in [1.54, 1.807) is 7.05 Å². The lowest BCUT2D eigenvalue weighted by atomic mass is 9.91. The summed E-state index contributed by atoms with van der Waals surface area (Å²) in [7, 11) is 1.67. The van der Waals surface area contributed by atoms with Crippen molar-refractivity contribution in [3.8, 4) is 0 Å².